The summed E-state index contributed by atoms with van der Waals surface area (Å²) in [5.41, 5.74) is 0.672. The second kappa shape index (κ2) is 16.4. The highest BCUT2D eigenvalue weighted by molar-refractivity contribution is 7.98. The summed E-state index contributed by atoms with van der Waals surface area (Å²) >= 11 is 1.07. The van der Waals surface area contributed by atoms with E-state index in [1.54, 1.807) is 48.1 Å². The third kappa shape index (κ3) is 8.74. The molecule has 0 N–H and O–H groups in total. The second-order valence-corrected chi connectivity index (χ2v) is 13.5. The number of aromatic nitrogens is 1. The van der Waals surface area contributed by atoms with E-state index in [4.69, 9.17) is 4.74 Å². The summed E-state index contributed by atoms with van der Waals surface area (Å²) in [5, 5.41) is 0.665. The normalized spacial score (nSPS) is 15.0. The molecule has 6 rings (SSSR count). The van der Waals surface area contributed by atoms with Gasteiger partial charge in [-0.15, -0.1) is 11.8 Å². The van der Waals surface area contributed by atoms with E-state index in [9.17, 15) is 34.3 Å². The molecule has 0 unspecified atom stereocenters. The molecule has 272 valence electrons. The van der Waals surface area contributed by atoms with Gasteiger partial charge >= 0.3 is 6.18 Å². The van der Waals surface area contributed by atoms with E-state index in [1.807, 2.05) is 0 Å². The highest BCUT2D eigenvalue weighted by atomic mass is 32.2. The number of nitrogens with zero attached hydrogens (tertiary/aromatic N) is 3. The van der Waals surface area contributed by atoms with Crippen LogP contribution in [0.15, 0.2) is 107 Å². The van der Waals surface area contributed by atoms with Crippen molar-refractivity contribution in [3.8, 4) is 11.1 Å². The second-order valence-electron chi connectivity index (χ2n) is 12.5. The number of pyridine rings is 1. The van der Waals surface area contributed by atoms with Crippen LogP contribution in [0.2, 0.25) is 0 Å². The Morgan fingerprint density at radius 1 is 0.942 bits per heavy atom. The molecule has 1 saturated heterocycles. The average Bonchev–Trinajstić information content (AvgIpc) is 3.16. The van der Waals surface area contributed by atoms with Crippen molar-refractivity contribution < 1.29 is 34.2 Å². The van der Waals surface area contributed by atoms with Crippen molar-refractivity contribution in [3.63, 3.8) is 0 Å². The maximum atomic E-state index is 14.7. The molecular formula is C40H38F5N3O3S. The molecule has 0 saturated carbocycles. The molecule has 2 heterocycles. The maximum absolute atomic E-state index is 14.7. The van der Waals surface area contributed by atoms with Gasteiger partial charge in [0.15, 0.2) is 17.1 Å². The lowest BCUT2D eigenvalue weighted by Crippen LogP contribution is -2.48. The first-order valence-corrected chi connectivity index (χ1v) is 17.8. The van der Waals surface area contributed by atoms with E-state index in [0.717, 1.165) is 30.0 Å². The van der Waals surface area contributed by atoms with Crippen LogP contribution in [0.25, 0.3) is 22.0 Å². The number of amides is 1. The van der Waals surface area contributed by atoms with E-state index < -0.39 is 41.8 Å². The molecule has 6 nitrogen and oxygen atoms in total. The van der Waals surface area contributed by atoms with Gasteiger partial charge < -0.3 is 19.1 Å². The number of methoxy groups -OCH3 is 1. The van der Waals surface area contributed by atoms with Crippen LogP contribution in [0.1, 0.15) is 32.3 Å². The predicted octanol–water partition coefficient (Wildman–Crippen LogP) is 8.40. The zero-order valence-electron chi connectivity index (χ0n) is 30.3. The molecule has 0 atom stereocenters. The topological polar surface area (TPSA) is 54.8 Å². The van der Waals surface area contributed by atoms with Crippen LogP contribution < -0.4 is 5.43 Å². The number of hydrogen-bond donors (Lipinski definition) is 0. The Hall–Kier alpha value is -4.52. The largest absolute Gasteiger partial charge is 0.416 e. The van der Waals surface area contributed by atoms with E-state index in [-0.39, 0.29) is 28.9 Å². The van der Waals surface area contributed by atoms with Crippen molar-refractivity contribution in [2.24, 2.45) is 0 Å². The SMILES string of the molecule is [2H]C([2H])(c1ccc(-c2ccc(C(F)(F)F)cc2)cc1)N(C(=O)Cn1c(SCc2cccc(F)c2F)cc(=O)c2ccccc21)C1CCN(CCOC)CC1. The minimum Gasteiger partial charge on any atom is -0.383 e. The molecule has 0 radical (unpaired) electrons. The molecule has 52 heavy (non-hydrogen) atoms. The van der Waals surface area contributed by atoms with Gasteiger partial charge in [0.1, 0.15) is 6.54 Å². The molecule has 4 aromatic carbocycles. The zero-order chi connectivity index (χ0) is 38.6. The van der Waals surface area contributed by atoms with Crippen LogP contribution in [-0.2, 0) is 34.5 Å². The Balaban J connectivity index is 1.34. The van der Waals surface area contributed by atoms with Gasteiger partial charge in [-0.1, -0.05) is 60.7 Å². The lowest BCUT2D eigenvalue weighted by Gasteiger charge is -2.39. The Labute approximate surface area is 305 Å². The number of carbonyl (C=O) groups excluding carboxylic acids is 1. The number of halogens is 5. The third-order valence-electron chi connectivity index (χ3n) is 9.16. The van der Waals surface area contributed by atoms with Gasteiger partial charge in [-0.3, -0.25) is 9.59 Å². The number of fused-ring (bicyclic) bond motifs is 1. The van der Waals surface area contributed by atoms with Crippen molar-refractivity contribution in [2.45, 2.75) is 48.9 Å². The van der Waals surface area contributed by atoms with Crippen LogP contribution in [0.4, 0.5) is 22.0 Å². The fraction of sp³-hybridized carbons (Fsp3) is 0.300. The number of rotatable bonds is 12. The number of ether oxygens (including phenoxy) is 1. The highest BCUT2D eigenvalue weighted by Gasteiger charge is 2.31. The lowest BCUT2D eigenvalue weighted by atomic mass is 10.00. The Morgan fingerprint density at radius 2 is 1.62 bits per heavy atom. The summed E-state index contributed by atoms with van der Waals surface area (Å²) in [6.07, 6.45) is -3.53. The molecule has 0 aliphatic carbocycles. The quantitative estimate of drug-likeness (QED) is 0.0952. The minimum atomic E-state index is -4.48. The van der Waals surface area contributed by atoms with Gasteiger partial charge in [0.25, 0.3) is 0 Å². The van der Waals surface area contributed by atoms with Gasteiger partial charge in [0.2, 0.25) is 5.91 Å². The van der Waals surface area contributed by atoms with Crippen molar-refractivity contribution >= 4 is 28.6 Å². The average molecular weight is 738 g/mol. The Bertz CT molecular complexity index is 2160. The van der Waals surface area contributed by atoms with Crippen LogP contribution >= 0.6 is 11.8 Å². The predicted molar refractivity (Wildman–Crippen MR) is 193 cm³/mol. The smallest absolute Gasteiger partial charge is 0.383 e. The number of para-hydroxylation sites is 1. The molecule has 5 aromatic rings. The van der Waals surface area contributed by atoms with E-state index in [1.165, 1.54) is 47.4 Å². The van der Waals surface area contributed by atoms with Gasteiger partial charge in [-0.2, -0.15) is 13.2 Å². The summed E-state index contributed by atoms with van der Waals surface area (Å²) in [6, 6.07) is 22.4. The number of benzene rings is 4. The van der Waals surface area contributed by atoms with Gasteiger partial charge in [-0.05, 0) is 59.9 Å². The Morgan fingerprint density at radius 3 is 2.29 bits per heavy atom. The molecule has 1 amide bonds. The molecule has 1 aliphatic heterocycles. The lowest BCUT2D eigenvalue weighted by molar-refractivity contribution is -0.137. The van der Waals surface area contributed by atoms with Crippen molar-refractivity contribution in [2.75, 3.05) is 33.4 Å². The van der Waals surface area contributed by atoms with Gasteiger partial charge in [0, 0.05) is 62.1 Å². The summed E-state index contributed by atoms with van der Waals surface area (Å²) in [4.78, 5) is 31.3. The van der Waals surface area contributed by atoms with Gasteiger partial charge in [-0.25, -0.2) is 8.78 Å². The molecule has 1 aromatic heterocycles. The molecular weight excluding hydrogens is 698 g/mol. The van der Waals surface area contributed by atoms with E-state index in [0.29, 0.717) is 66.1 Å². The molecule has 0 spiro atoms. The molecule has 1 fully saturated rings. The number of thioether (sulfide) groups is 1. The van der Waals surface area contributed by atoms with Crippen LogP contribution in [0, 0.1) is 11.6 Å². The fourth-order valence-corrected chi connectivity index (χ4v) is 7.35. The number of hydrogen-bond acceptors (Lipinski definition) is 5. The highest BCUT2D eigenvalue weighted by Crippen LogP contribution is 2.32. The summed E-state index contributed by atoms with van der Waals surface area (Å²) in [5.74, 6) is -2.60. The van der Waals surface area contributed by atoms with Crippen molar-refractivity contribution in [3.05, 3.63) is 136 Å². The summed E-state index contributed by atoms with van der Waals surface area (Å²) < 4.78 is 93.8. The van der Waals surface area contributed by atoms with E-state index >= 15 is 0 Å². The fourth-order valence-electron chi connectivity index (χ4n) is 6.32. The molecule has 1 aliphatic rings. The summed E-state index contributed by atoms with van der Waals surface area (Å²) in [6.45, 7) is -0.280. The summed E-state index contributed by atoms with van der Waals surface area (Å²) in [7, 11) is 1.62. The Kier molecular flexibility index (Phi) is 10.9. The van der Waals surface area contributed by atoms with Crippen LogP contribution in [-0.4, -0.2) is 59.7 Å². The van der Waals surface area contributed by atoms with E-state index in [2.05, 4.69) is 4.90 Å². The first-order chi connectivity index (χ1) is 25.8. The third-order valence-corrected chi connectivity index (χ3v) is 10.3. The van der Waals surface area contributed by atoms with Crippen molar-refractivity contribution in [1.29, 1.82) is 0 Å². The molecule has 12 heteroatoms. The number of piperidine rings is 1. The standard InChI is InChI=1S/C40H38F5N3O3S/c1-51-22-21-46-19-17-32(18-20-46)47(24-27-9-11-28(12-10-27)29-13-15-31(16-14-29)40(43,44)45)37(50)25-48-35-8-3-2-6-33(35)36(49)23-38(48)52-26-30-5-4-7-34(41)39(30)42/h2-16,23,32H,17-22,24-26H2,1H3/i24D2. The first kappa shape index (κ1) is 34.6. The van der Waals surface area contributed by atoms with Gasteiger partial charge in [0.05, 0.1) is 25.5 Å². The number of likely N-dealkylation sites (tertiary alicyclic amines) is 1. The maximum Gasteiger partial charge on any atom is 0.416 e. The van der Waals surface area contributed by atoms with Crippen LogP contribution in [0.3, 0.4) is 0 Å². The monoisotopic (exact) mass is 737 g/mol. The molecule has 0 bridgehead atoms. The number of alkyl halides is 3. The number of carbonyl (C=O) groups is 1. The van der Waals surface area contributed by atoms with Crippen LogP contribution in [0.5, 0.6) is 0 Å². The van der Waals surface area contributed by atoms with Crippen molar-refractivity contribution in [1.82, 2.24) is 14.4 Å². The first-order valence-electron chi connectivity index (χ1n) is 17.8. The zero-order valence-corrected chi connectivity index (χ0v) is 29.2. The minimum absolute atomic E-state index is 0.0364.